The lowest BCUT2D eigenvalue weighted by atomic mass is 10.1. The van der Waals surface area contributed by atoms with Crippen LogP contribution in [0.4, 0.5) is 0 Å². The first-order chi connectivity index (χ1) is 24.8. The third kappa shape index (κ3) is 4.50. The monoisotopic (exact) mass is 640 g/mol. The molecule has 6 heterocycles. The molecular formula is C44H28N6. The van der Waals surface area contributed by atoms with Crippen LogP contribution >= 0.6 is 0 Å². The van der Waals surface area contributed by atoms with Crippen molar-refractivity contribution >= 4 is 43.6 Å². The van der Waals surface area contributed by atoms with Gasteiger partial charge in [-0.1, -0.05) is 72.8 Å². The van der Waals surface area contributed by atoms with Gasteiger partial charge in [-0.05, 0) is 72.3 Å². The van der Waals surface area contributed by atoms with E-state index in [-0.39, 0.29) is 0 Å². The van der Waals surface area contributed by atoms with Gasteiger partial charge in [0.1, 0.15) is 0 Å². The van der Waals surface area contributed by atoms with E-state index in [1.165, 1.54) is 10.8 Å². The standard InChI is InChI=1S/C44H28N6/c1-3-13-41-34(9-1)36-27-45-23-21-43(36)49(41)32-18-15-29(16-19-32)38-11-6-12-40(48-38)39-20-17-31(26-47-39)30-7-5-8-33(25-30)50-42-14-4-2-10-35(42)37-28-46-24-22-44(37)50/h1-28H. The van der Waals surface area contributed by atoms with Crippen LogP contribution in [0.15, 0.2) is 171 Å². The van der Waals surface area contributed by atoms with Crippen molar-refractivity contribution < 1.29 is 0 Å². The molecule has 0 fully saturated rings. The predicted molar refractivity (Wildman–Crippen MR) is 203 cm³/mol. The van der Waals surface area contributed by atoms with Gasteiger partial charge in [0.25, 0.3) is 0 Å². The van der Waals surface area contributed by atoms with Gasteiger partial charge in [0.05, 0.1) is 39.1 Å². The van der Waals surface area contributed by atoms with Gasteiger partial charge in [0.2, 0.25) is 0 Å². The van der Waals surface area contributed by atoms with Crippen LogP contribution in [-0.4, -0.2) is 29.1 Å². The van der Waals surface area contributed by atoms with E-state index in [2.05, 4.69) is 146 Å². The Morgan fingerprint density at radius 1 is 0.360 bits per heavy atom. The third-order valence-electron chi connectivity index (χ3n) is 9.58. The lowest BCUT2D eigenvalue weighted by molar-refractivity contribution is 1.17. The summed E-state index contributed by atoms with van der Waals surface area (Å²) in [5.41, 5.74) is 12.5. The fourth-order valence-electron chi connectivity index (χ4n) is 7.25. The molecule has 10 aromatic rings. The summed E-state index contributed by atoms with van der Waals surface area (Å²) in [5.74, 6) is 0. The molecule has 4 aromatic carbocycles. The number of benzene rings is 4. The Balaban J connectivity index is 0.955. The highest BCUT2D eigenvalue weighted by Crippen LogP contribution is 2.34. The molecule has 6 nitrogen and oxygen atoms in total. The van der Waals surface area contributed by atoms with Crippen LogP contribution in [0.1, 0.15) is 0 Å². The van der Waals surface area contributed by atoms with Crippen LogP contribution in [0.5, 0.6) is 0 Å². The predicted octanol–water partition coefficient (Wildman–Crippen LogP) is 10.5. The minimum atomic E-state index is 0.831. The van der Waals surface area contributed by atoms with Gasteiger partial charge in [-0.15, -0.1) is 0 Å². The van der Waals surface area contributed by atoms with Crippen LogP contribution in [-0.2, 0) is 0 Å². The summed E-state index contributed by atoms with van der Waals surface area (Å²) in [4.78, 5) is 18.7. The zero-order valence-electron chi connectivity index (χ0n) is 26.8. The molecule has 0 bridgehead atoms. The van der Waals surface area contributed by atoms with Crippen molar-refractivity contribution in [2.45, 2.75) is 0 Å². The van der Waals surface area contributed by atoms with Crippen molar-refractivity contribution in [3.63, 3.8) is 0 Å². The average Bonchev–Trinajstić information content (AvgIpc) is 3.71. The van der Waals surface area contributed by atoms with Crippen molar-refractivity contribution in [2.75, 3.05) is 0 Å². The maximum Gasteiger partial charge on any atom is 0.0893 e. The Bertz CT molecular complexity index is 2760. The normalized spacial score (nSPS) is 11.6. The van der Waals surface area contributed by atoms with Gasteiger partial charge in [-0.2, -0.15) is 0 Å². The number of fused-ring (bicyclic) bond motifs is 6. The largest absolute Gasteiger partial charge is 0.309 e. The Hall–Kier alpha value is -6.92. The summed E-state index contributed by atoms with van der Waals surface area (Å²) in [6.07, 6.45) is 9.54. The van der Waals surface area contributed by atoms with Crippen LogP contribution in [0.25, 0.3) is 88.8 Å². The lowest BCUT2D eigenvalue weighted by Gasteiger charge is -2.11. The molecule has 0 radical (unpaired) electrons. The van der Waals surface area contributed by atoms with Crippen molar-refractivity contribution in [3.05, 3.63) is 171 Å². The van der Waals surface area contributed by atoms with E-state index in [1.54, 1.807) is 0 Å². The summed E-state index contributed by atoms with van der Waals surface area (Å²) < 4.78 is 4.60. The maximum atomic E-state index is 5.03. The second-order valence-corrected chi connectivity index (χ2v) is 12.4. The SMILES string of the molecule is c1cc(-c2ccc(-c3cccc(-c4ccc(-n5c6ccccc6c6cnccc65)cc4)n3)nc2)cc(-n2c3ccccc3c3cnccc32)c1. The highest BCUT2D eigenvalue weighted by Gasteiger charge is 2.14. The molecule has 50 heavy (non-hydrogen) atoms. The molecule has 234 valence electrons. The molecule has 0 unspecified atom stereocenters. The zero-order valence-corrected chi connectivity index (χ0v) is 26.8. The van der Waals surface area contributed by atoms with Crippen molar-refractivity contribution in [3.8, 4) is 45.1 Å². The maximum absolute atomic E-state index is 5.03. The van der Waals surface area contributed by atoms with Gasteiger partial charge < -0.3 is 9.13 Å². The van der Waals surface area contributed by atoms with E-state index >= 15 is 0 Å². The molecule has 0 N–H and O–H groups in total. The van der Waals surface area contributed by atoms with Crippen LogP contribution < -0.4 is 0 Å². The van der Waals surface area contributed by atoms with E-state index in [9.17, 15) is 0 Å². The quantitative estimate of drug-likeness (QED) is 0.188. The summed E-state index contributed by atoms with van der Waals surface area (Å²) in [6, 6.07) is 48.6. The first kappa shape index (κ1) is 28.1. The second kappa shape index (κ2) is 11.4. The average molecular weight is 641 g/mol. The summed E-state index contributed by atoms with van der Waals surface area (Å²) >= 11 is 0. The van der Waals surface area contributed by atoms with Crippen molar-refractivity contribution in [1.29, 1.82) is 0 Å². The molecule has 0 atom stereocenters. The minimum absolute atomic E-state index is 0.831. The highest BCUT2D eigenvalue weighted by molar-refractivity contribution is 6.09. The number of hydrogen-bond donors (Lipinski definition) is 0. The molecular weight excluding hydrogens is 613 g/mol. The third-order valence-corrected chi connectivity index (χ3v) is 9.58. The topological polar surface area (TPSA) is 61.4 Å². The van der Waals surface area contributed by atoms with Gasteiger partial charge in [0, 0.05) is 75.0 Å². The molecule has 0 saturated heterocycles. The smallest absolute Gasteiger partial charge is 0.0893 e. The van der Waals surface area contributed by atoms with Gasteiger partial charge >= 0.3 is 0 Å². The first-order valence-corrected chi connectivity index (χ1v) is 16.6. The van der Waals surface area contributed by atoms with E-state index in [1.807, 2.05) is 43.1 Å². The summed E-state index contributed by atoms with van der Waals surface area (Å²) in [7, 11) is 0. The minimum Gasteiger partial charge on any atom is -0.309 e. The van der Waals surface area contributed by atoms with Crippen molar-refractivity contribution in [1.82, 2.24) is 29.1 Å². The number of hydrogen-bond acceptors (Lipinski definition) is 4. The molecule has 0 aliphatic carbocycles. The Kier molecular flexibility index (Phi) is 6.39. The number of nitrogens with zero attached hydrogens (tertiary/aromatic N) is 6. The van der Waals surface area contributed by atoms with E-state index in [0.29, 0.717) is 0 Å². The van der Waals surface area contributed by atoms with Gasteiger partial charge in [-0.25, -0.2) is 4.98 Å². The first-order valence-electron chi connectivity index (χ1n) is 16.6. The lowest BCUT2D eigenvalue weighted by Crippen LogP contribution is -1.95. The van der Waals surface area contributed by atoms with Crippen LogP contribution in [0, 0.1) is 0 Å². The Morgan fingerprint density at radius 2 is 0.960 bits per heavy atom. The molecule has 0 spiro atoms. The highest BCUT2D eigenvalue weighted by atomic mass is 15.0. The second-order valence-electron chi connectivity index (χ2n) is 12.4. The van der Waals surface area contributed by atoms with Crippen LogP contribution in [0.3, 0.4) is 0 Å². The molecule has 6 heteroatoms. The van der Waals surface area contributed by atoms with E-state index in [0.717, 1.165) is 78.0 Å². The molecule has 0 saturated carbocycles. The molecule has 0 aliphatic heterocycles. The van der Waals surface area contributed by atoms with E-state index < -0.39 is 0 Å². The van der Waals surface area contributed by atoms with Gasteiger partial charge in [0.15, 0.2) is 0 Å². The van der Waals surface area contributed by atoms with E-state index in [4.69, 9.17) is 9.97 Å². The molecule has 0 amide bonds. The number of pyridine rings is 4. The number of rotatable bonds is 5. The fourth-order valence-corrected chi connectivity index (χ4v) is 7.25. The summed E-state index contributed by atoms with van der Waals surface area (Å²) in [6.45, 7) is 0. The fraction of sp³-hybridized carbons (Fsp3) is 0. The number of aromatic nitrogens is 6. The number of para-hydroxylation sites is 2. The Morgan fingerprint density at radius 3 is 1.64 bits per heavy atom. The molecule has 0 aliphatic rings. The Labute approximate surface area is 287 Å². The molecule has 10 rings (SSSR count). The zero-order chi connectivity index (χ0) is 33.0. The van der Waals surface area contributed by atoms with Gasteiger partial charge in [-0.3, -0.25) is 15.0 Å². The van der Waals surface area contributed by atoms with Crippen molar-refractivity contribution in [2.24, 2.45) is 0 Å². The van der Waals surface area contributed by atoms with Crippen LogP contribution in [0.2, 0.25) is 0 Å². The molecule has 6 aromatic heterocycles. The summed E-state index contributed by atoms with van der Waals surface area (Å²) in [5, 5.41) is 4.68.